The average Bonchev–Trinajstić information content (AvgIpc) is 3.55. The fourth-order valence-electron chi connectivity index (χ4n) is 5.39. The Labute approximate surface area is 314 Å². The number of carboxylic acids is 2. The molecule has 0 fully saturated rings. The first kappa shape index (κ1) is 42.9. The largest absolute Gasteiger partial charge is 0.481 e. The predicted octanol–water partition coefficient (Wildman–Crippen LogP) is -3.06. The molecule has 0 saturated carbocycles. The van der Waals surface area contributed by atoms with E-state index in [1.54, 1.807) is 60.8 Å². The molecule has 0 saturated heterocycles. The third-order valence-electron chi connectivity index (χ3n) is 8.20. The molecule has 3 aromatic rings. The average molecular weight is 767 g/mol. The fraction of sp³-hybridized carbons (Fsp3) is 0.371. The SMILES string of the molecule is NC(N)=NCCC[C@H](NC(=O)[C@H](CO)NC(=O)[C@@H](N)Cc1ccccc1)C(=O)NCC(=O)N[C@@H](CC(=O)O)C(=O)N[C@@H](Cc1c[nH]c2ccccc12)C(=O)O. The van der Waals surface area contributed by atoms with Crippen LogP contribution in [-0.4, -0.2) is 118 Å². The van der Waals surface area contributed by atoms with E-state index < -0.39 is 91.3 Å². The molecule has 1 aromatic heterocycles. The summed E-state index contributed by atoms with van der Waals surface area (Å²) in [6.45, 7) is -1.59. The van der Waals surface area contributed by atoms with Gasteiger partial charge in [-0.05, 0) is 36.5 Å². The molecule has 3 rings (SSSR count). The third-order valence-corrected chi connectivity index (χ3v) is 8.20. The van der Waals surface area contributed by atoms with E-state index in [2.05, 4.69) is 36.6 Å². The Morgan fingerprint density at radius 1 is 0.745 bits per heavy atom. The maximum absolute atomic E-state index is 13.2. The summed E-state index contributed by atoms with van der Waals surface area (Å²) in [5, 5.41) is 41.3. The van der Waals surface area contributed by atoms with Crippen LogP contribution in [-0.2, 0) is 46.4 Å². The van der Waals surface area contributed by atoms with E-state index in [4.69, 9.17) is 17.2 Å². The lowest BCUT2D eigenvalue weighted by Crippen LogP contribution is -2.58. The molecular weight excluding hydrogens is 720 g/mol. The van der Waals surface area contributed by atoms with Gasteiger partial charge in [-0.2, -0.15) is 0 Å². The smallest absolute Gasteiger partial charge is 0.326 e. The molecule has 20 nitrogen and oxygen atoms in total. The van der Waals surface area contributed by atoms with Crippen molar-refractivity contribution in [2.24, 2.45) is 22.2 Å². The van der Waals surface area contributed by atoms with Gasteiger partial charge in [0.25, 0.3) is 0 Å². The minimum Gasteiger partial charge on any atom is -0.481 e. The van der Waals surface area contributed by atoms with Crippen molar-refractivity contribution in [3.05, 3.63) is 71.9 Å². The van der Waals surface area contributed by atoms with Crippen LogP contribution < -0.4 is 43.8 Å². The van der Waals surface area contributed by atoms with Gasteiger partial charge in [0.05, 0.1) is 25.6 Å². The van der Waals surface area contributed by atoms with Crippen LogP contribution in [0.25, 0.3) is 10.9 Å². The van der Waals surface area contributed by atoms with Crippen LogP contribution in [0.2, 0.25) is 0 Å². The molecule has 0 radical (unpaired) electrons. The number of benzene rings is 2. The first-order valence-electron chi connectivity index (χ1n) is 17.1. The Kier molecular flexibility index (Phi) is 16.6. The number of H-pyrrole nitrogens is 1. The van der Waals surface area contributed by atoms with Gasteiger partial charge in [0, 0.05) is 30.1 Å². The quantitative estimate of drug-likeness (QED) is 0.0275. The second-order valence-corrected chi connectivity index (χ2v) is 12.4. The van der Waals surface area contributed by atoms with Crippen LogP contribution in [0.4, 0.5) is 0 Å². The highest BCUT2D eigenvalue weighted by Gasteiger charge is 2.31. The number of nitrogens with one attached hydrogen (secondary N) is 6. The molecule has 296 valence electrons. The number of para-hydroxylation sites is 1. The summed E-state index contributed by atoms with van der Waals surface area (Å²) in [4.78, 5) is 95.5. The minimum atomic E-state index is -1.73. The van der Waals surface area contributed by atoms with Gasteiger partial charge in [-0.15, -0.1) is 0 Å². The van der Waals surface area contributed by atoms with Gasteiger partial charge in [-0.25, -0.2) is 4.79 Å². The third kappa shape index (κ3) is 14.1. The van der Waals surface area contributed by atoms with Crippen LogP contribution in [0.3, 0.4) is 0 Å². The van der Waals surface area contributed by atoms with Crippen LogP contribution in [0.15, 0.2) is 65.8 Å². The number of carbonyl (C=O) groups is 7. The van der Waals surface area contributed by atoms with Gasteiger partial charge in [-0.3, -0.25) is 33.8 Å². The number of aliphatic carboxylic acids is 2. The number of aromatic nitrogens is 1. The summed E-state index contributed by atoms with van der Waals surface area (Å²) in [6, 6.07) is 8.78. The maximum Gasteiger partial charge on any atom is 0.326 e. The Bertz CT molecular complexity index is 1850. The molecule has 20 heteroatoms. The first-order chi connectivity index (χ1) is 26.2. The van der Waals surface area contributed by atoms with Crippen molar-refractivity contribution < 1.29 is 48.9 Å². The van der Waals surface area contributed by atoms with Gasteiger partial charge in [0.1, 0.15) is 24.2 Å². The van der Waals surface area contributed by atoms with Crippen molar-refractivity contribution in [2.45, 2.75) is 62.3 Å². The van der Waals surface area contributed by atoms with Crippen molar-refractivity contribution in [1.29, 1.82) is 0 Å². The zero-order valence-electron chi connectivity index (χ0n) is 29.7. The number of rotatable bonds is 22. The molecule has 0 aliphatic heterocycles. The Morgan fingerprint density at radius 3 is 2.04 bits per heavy atom. The molecule has 0 aliphatic rings. The highest BCUT2D eigenvalue weighted by molar-refractivity contribution is 5.96. The van der Waals surface area contributed by atoms with E-state index in [1.165, 1.54) is 0 Å². The Hall–Kier alpha value is -6.54. The lowest BCUT2D eigenvalue weighted by atomic mass is 10.0. The van der Waals surface area contributed by atoms with Crippen molar-refractivity contribution in [2.75, 3.05) is 19.7 Å². The number of aliphatic hydroxyl groups excluding tert-OH is 1. The molecule has 1 heterocycles. The molecule has 0 spiro atoms. The zero-order valence-corrected chi connectivity index (χ0v) is 29.7. The highest BCUT2D eigenvalue weighted by atomic mass is 16.4. The summed E-state index contributed by atoms with van der Waals surface area (Å²) in [6.07, 6.45) is 0.733. The van der Waals surface area contributed by atoms with Crippen LogP contribution in [0.5, 0.6) is 0 Å². The topological polar surface area (TPSA) is 347 Å². The number of aliphatic hydroxyl groups is 1. The molecule has 5 amide bonds. The monoisotopic (exact) mass is 766 g/mol. The number of carboxylic acid groups (broad SMARTS) is 2. The van der Waals surface area contributed by atoms with Crippen LogP contribution >= 0.6 is 0 Å². The van der Waals surface area contributed by atoms with E-state index in [-0.39, 0.29) is 38.2 Å². The number of nitrogens with two attached hydrogens (primary N) is 3. The molecule has 55 heavy (non-hydrogen) atoms. The lowest BCUT2D eigenvalue weighted by molar-refractivity contribution is -0.143. The van der Waals surface area contributed by atoms with Gasteiger partial charge in [-0.1, -0.05) is 48.5 Å². The molecule has 0 aliphatic carbocycles. The van der Waals surface area contributed by atoms with Crippen molar-refractivity contribution >= 4 is 58.3 Å². The normalized spacial score (nSPS) is 13.6. The number of hydrogen-bond acceptors (Lipinski definition) is 10. The van der Waals surface area contributed by atoms with Crippen molar-refractivity contribution in [3.8, 4) is 0 Å². The molecule has 0 bridgehead atoms. The number of nitrogens with zero attached hydrogens (tertiary/aromatic N) is 1. The molecule has 5 atom stereocenters. The molecule has 0 unspecified atom stereocenters. The lowest BCUT2D eigenvalue weighted by Gasteiger charge is -2.23. The first-order valence-corrected chi connectivity index (χ1v) is 17.1. The second kappa shape index (κ2) is 21.2. The second-order valence-electron chi connectivity index (χ2n) is 12.4. The summed E-state index contributed by atoms with van der Waals surface area (Å²) >= 11 is 0. The summed E-state index contributed by atoms with van der Waals surface area (Å²) in [5.74, 6) is -7.81. The van der Waals surface area contributed by atoms with Crippen LogP contribution in [0, 0.1) is 0 Å². The van der Waals surface area contributed by atoms with Crippen LogP contribution in [0.1, 0.15) is 30.4 Å². The van der Waals surface area contributed by atoms with E-state index in [0.29, 0.717) is 5.56 Å². The van der Waals surface area contributed by atoms with Crippen molar-refractivity contribution in [3.63, 3.8) is 0 Å². The van der Waals surface area contributed by atoms with E-state index in [1.807, 2.05) is 0 Å². The molecular formula is C35H46N10O10. The summed E-state index contributed by atoms with van der Waals surface area (Å²) < 4.78 is 0. The van der Waals surface area contributed by atoms with Gasteiger partial charge in [0.15, 0.2) is 5.96 Å². The number of hydrogen-bond donors (Lipinski definition) is 12. The van der Waals surface area contributed by atoms with Gasteiger partial charge in [0.2, 0.25) is 29.5 Å². The Balaban J connectivity index is 1.63. The molecule has 15 N–H and O–H groups in total. The summed E-state index contributed by atoms with van der Waals surface area (Å²) in [7, 11) is 0. The number of aromatic amines is 1. The zero-order chi connectivity index (χ0) is 40.5. The van der Waals surface area contributed by atoms with E-state index in [9.17, 15) is 48.9 Å². The standard InChI is InChI=1S/C35H46N10O10/c36-22(13-19-7-2-1-3-8-19)30(50)45-27(18-46)33(53)43-24(11-6-12-39-35(37)38)31(51)41-17-28(47)42-25(15-29(48)49)32(52)44-26(34(54)55)14-20-16-40-23-10-5-4-9-21(20)23/h1-5,7-10,16,22,24-27,40,46H,6,11-15,17-18,36H2,(H,41,51)(H,42,47)(H,43,53)(H,44,52)(H,45,50)(H,48,49)(H,54,55)(H4,37,38,39)/t22-,24-,25-,26-,27-/m0/s1. The fourth-order valence-corrected chi connectivity index (χ4v) is 5.39. The highest BCUT2D eigenvalue weighted by Crippen LogP contribution is 2.19. The molecule has 2 aromatic carbocycles. The maximum atomic E-state index is 13.2. The predicted molar refractivity (Wildman–Crippen MR) is 198 cm³/mol. The number of aliphatic imine (C=N–C) groups is 1. The van der Waals surface area contributed by atoms with Crippen molar-refractivity contribution in [1.82, 2.24) is 31.6 Å². The Morgan fingerprint density at radius 2 is 1.38 bits per heavy atom. The van der Waals surface area contributed by atoms with E-state index in [0.717, 1.165) is 16.5 Å². The number of guanidine groups is 1. The van der Waals surface area contributed by atoms with E-state index >= 15 is 0 Å². The minimum absolute atomic E-state index is 0.0561. The number of carbonyl (C=O) groups excluding carboxylic acids is 5. The number of fused-ring (bicyclic) bond motifs is 1. The summed E-state index contributed by atoms with van der Waals surface area (Å²) in [5.41, 5.74) is 18.8. The van der Waals surface area contributed by atoms with Gasteiger partial charge < -0.3 is 64.1 Å². The van der Waals surface area contributed by atoms with Gasteiger partial charge >= 0.3 is 11.9 Å². The number of amides is 5.